The average Bonchev–Trinajstić information content (AvgIpc) is 3.30. The molecule has 0 radical (unpaired) electrons. The molecule has 4 aromatic rings. The van der Waals surface area contributed by atoms with Crippen molar-refractivity contribution in [3.05, 3.63) is 102 Å². The van der Waals surface area contributed by atoms with Crippen molar-refractivity contribution in [2.75, 3.05) is 5.32 Å². The summed E-state index contributed by atoms with van der Waals surface area (Å²) in [6.07, 6.45) is -3.05. The number of carboxylic acid groups (broad SMARTS) is 1. The average molecular weight is 467 g/mol. The number of carboxylic acids is 1. The number of aromatic nitrogens is 2. The Balaban J connectivity index is 1.64. The van der Waals surface area contributed by atoms with Gasteiger partial charge < -0.3 is 14.8 Å². The van der Waals surface area contributed by atoms with E-state index in [1.54, 1.807) is 0 Å². The van der Waals surface area contributed by atoms with Gasteiger partial charge in [-0.3, -0.25) is 0 Å². The maximum atomic E-state index is 12.8. The van der Waals surface area contributed by atoms with Crippen LogP contribution in [0.5, 0.6) is 0 Å². The Labute approximate surface area is 193 Å². The first-order chi connectivity index (χ1) is 16.3. The molecule has 1 unspecified atom stereocenters. The van der Waals surface area contributed by atoms with Gasteiger partial charge in [-0.25, -0.2) is 14.8 Å². The molecule has 2 aromatic heterocycles. The van der Waals surface area contributed by atoms with E-state index in [9.17, 15) is 23.1 Å². The number of halogens is 3. The van der Waals surface area contributed by atoms with E-state index in [0.29, 0.717) is 17.8 Å². The van der Waals surface area contributed by atoms with Crippen LogP contribution in [-0.4, -0.2) is 27.1 Å². The van der Waals surface area contributed by atoms with Crippen LogP contribution >= 0.6 is 0 Å². The number of alkyl halides is 3. The van der Waals surface area contributed by atoms with E-state index in [1.165, 1.54) is 6.20 Å². The van der Waals surface area contributed by atoms with Gasteiger partial charge in [-0.2, -0.15) is 13.2 Å². The topological polar surface area (TPSA) is 88.2 Å². The van der Waals surface area contributed by atoms with Crippen molar-refractivity contribution in [2.24, 2.45) is 0 Å². The monoisotopic (exact) mass is 467 g/mol. The Kier molecular flexibility index (Phi) is 6.62. The van der Waals surface area contributed by atoms with E-state index < -0.39 is 23.9 Å². The molecule has 0 saturated carbocycles. The molecule has 6 nitrogen and oxygen atoms in total. The SMILES string of the molecule is O=C(O)C(Cc1ccc(C(F)(F)F)o1)Nc1ncc(-c2ccccc2)nc1Cc1ccccc1. The van der Waals surface area contributed by atoms with E-state index in [-0.39, 0.29) is 18.0 Å². The van der Waals surface area contributed by atoms with Crippen molar-refractivity contribution in [1.29, 1.82) is 0 Å². The first-order valence-corrected chi connectivity index (χ1v) is 10.4. The fourth-order valence-electron chi connectivity index (χ4n) is 3.41. The van der Waals surface area contributed by atoms with Gasteiger partial charge in [0.15, 0.2) is 0 Å². The molecule has 174 valence electrons. The zero-order valence-corrected chi connectivity index (χ0v) is 17.8. The van der Waals surface area contributed by atoms with Crippen LogP contribution in [0.15, 0.2) is 83.4 Å². The summed E-state index contributed by atoms with van der Waals surface area (Å²) < 4.78 is 43.3. The van der Waals surface area contributed by atoms with Gasteiger partial charge in [0.1, 0.15) is 17.6 Å². The Morgan fingerprint density at radius 2 is 1.68 bits per heavy atom. The lowest BCUT2D eigenvalue weighted by Gasteiger charge is -2.17. The summed E-state index contributed by atoms with van der Waals surface area (Å²) in [4.78, 5) is 21.0. The van der Waals surface area contributed by atoms with Gasteiger partial charge in [0.2, 0.25) is 5.76 Å². The second kappa shape index (κ2) is 9.78. The molecule has 4 rings (SSSR count). The Morgan fingerprint density at radius 1 is 1.00 bits per heavy atom. The molecule has 0 aliphatic rings. The van der Waals surface area contributed by atoms with Gasteiger partial charge in [0.25, 0.3) is 0 Å². The van der Waals surface area contributed by atoms with Crippen molar-refractivity contribution in [1.82, 2.24) is 9.97 Å². The Bertz CT molecular complexity index is 1260. The number of nitrogens with zero attached hydrogens (tertiary/aromatic N) is 2. The maximum absolute atomic E-state index is 12.8. The fourth-order valence-corrected chi connectivity index (χ4v) is 3.41. The van der Waals surface area contributed by atoms with E-state index >= 15 is 0 Å². The van der Waals surface area contributed by atoms with E-state index in [2.05, 4.69) is 10.3 Å². The molecule has 0 amide bonds. The lowest BCUT2D eigenvalue weighted by atomic mass is 10.1. The zero-order chi connectivity index (χ0) is 24.1. The molecule has 0 saturated heterocycles. The summed E-state index contributed by atoms with van der Waals surface area (Å²) in [5.74, 6) is -2.31. The summed E-state index contributed by atoms with van der Waals surface area (Å²) in [5.41, 5.74) is 2.91. The molecule has 0 fully saturated rings. The zero-order valence-electron chi connectivity index (χ0n) is 17.8. The predicted molar refractivity (Wildman–Crippen MR) is 119 cm³/mol. The quantitative estimate of drug-likeness (QED) is 0.358. The first-order valence-electron chi connectivity index (χ1n) is 10.4. The van der Waals surface area contributed by atoms with Crippen LogP contribution in [0.1, 0.15) is 22.8 Å². The van der Waals surface area contributed by atoms with Crippen LogP contribution in [0.4, 0.5) is 19.0 Å². The van der Waals surface area contributed by atoms with E-state index in [0.717, 1.165) is 23.3 Å². The number of furan rings is 1. The van der Waals surface area contributed by atoms with Crippen LogP contribution in [-0.2, 0) is 23.8 Å². The molecular weight excluding hydrogens is 447 g/mol. The third kappa shape index (κ3) is 5.61. The molecule has 0 aliphatic heterocycles. The third-order valence-corrected chi connectivity index (χ3v) is 5.08. The lowest BCUT2D eigenvalue weighted by Crippen LogP contribution is -2.32. The molecule has 9 heteroatoms. The number of hydrogen-bond donors (Lipinski definition) is 2. The molecule has 0 aliphatic carbocycles. The summed E-state index contributed by atoms with van der Waals surface area (Å²) in [7, 11) is 0. The summed E-state index contributed by atoms with van der Waals surface area (Å²) in [6.45, 7) is 0. The number of nitrogens with one attached hydrogen (secondary N) is 1. The first kappa shape index (κ1) is 23.0. The van der Waals surface area contributed by atoms with Crippen LogP contribution in [0.2, 0.25) is 0 Å². The largest absolute Gasteiger partial charge is 0.480 e. The number of aliphatic carboxylic acids is 1. The summed E-state index contributed by atoms with van der Waals surface area (Å²) >= 11 is 0. The number of rotatable bonds is 8. The third-order valence-electron chi connectivity index (χ3n) is 5.08. The normalized spacial score (nSPS) is 12.3. The van der Waals surface area contributed by atoms with Crippen molar-refractivity contribution >= 4 is 11.8 Å². The minimum absolute atomic E-state index is 0.106. The molecule has 1 atom stereocenters. The molecule has 2 heterocycles. The van der Waals surface area contributed by atoms with E-state index in [4.69, 9.17) is 9.40 Å². The van der Waals surface area contributed by atoms with Gasteiger partial charge in [-0.1, -0.05) is 60.7 Å². The minimum Gasteiger partial charge on any atom is -0.480 e. The molecule has 2 N–H and O–H groups in total. The second-order valence-electron chi connectivity index (χ2n) is 7.58. The van der Waals surface area contributed by atoms with Gasteiger partial charge >= 0.3 is 12.1 Å². The van der Waals surface area contributed by atoms with Crippen LogP contribution in [0.25, 0.3) is 11.3 Å². The van der Waals surface area contributed by atoms with Crippen molar-refractivity contribution in [3.8, 4) is 11.3 Å². The molecular formula is C25H20F3N3O3. The maximum Gasteiger partial charge on any atom is 0.449 e. The van der Waals surface area contributed by atoms with Crippen molar-refractivity contribution in [3.63, 3.8) is 0 Å². The van der Waals surface area contributed by atoms with Crippen molar-refractivity contribution in [2.45, 2.75) is 25.1 Å². The summed E-state index contributed by atoms with van der Waals surface area (Å²) in [5, 5.41) is 12.5. The van der Waals surface area contributed by atoms with Crippen LogP contribution in [0.3, 0.4) is 0 Å². The standard InChI is InChI=1S/C25H20F3N3O3/c26-25(27,28)22-12-11-18(34-22)14-20(24(32)33)31-23-19(13-16-7-3-1-4-8-16)30-21(15-29-23)17-9-5-2-6-10-17/h1-12,15,20H,13-14H2,(H,29,31)(H,32,33). The highest BCUT2D eigenvalue weighted by atomic mass is 19.4. The van der Waals surface area contributed by atoms with Gasteiger partial charge in [-0.05, 0) is 17.7 Å². The number of benzene rings is 2. The Morgan fingerprint density at radius 3 is 2.29 bits per heavy atom. The highest BCUT2D eigenvalue weighted by molar-refractivity contribution is 5.77. The highest BCUT2D eigenvalue weighted by Crippen LogP contribution is 2.31. The van der Waals surface area contributed by atoms with Crippen LogP contribution in [0, 0.1) is 0 Å². The molecule has 2 aromatic carbocycles. The number of anilines is 1. The second-order valence-corrected chi connectivity index (χ2v) is 7.58. The van der Waals surface area contributed by atoms with Crippen LogP contribution < -0.4 is 5.32 Å². The van der Waals surface area contributed by atoms with E-state index in [1.807, 2.05) is 60.7 Å². The smallest absolute Gasteiger partial charge is 0.449 e. The lowest BCUT2D eigenvalue weighted by molar-refractivity contribution is -0.153. The van der Waals surface area contributed by atoms with Gasteiger partial charge in [0, 0.05) is 18.4 Å². The number of carbonyl (C=O) groups is 1. The number of hydrogen-bond acceptors (Lipinski definition) is 5. The summed E-state index contributed by atoms with van der Waals surface area (Å²) in [6, 6.07) is 19.5. The highest BCUT2D eigenvalue weighted by Gasteiger charge is 2.35. The predicted octanol–water partition coefficient (Wildman–Crippen LogP) is 5.45. The minimum atomic E-state index is -4.65. The fraction of sp³-hybridized carbons (Fsp3) is 0.160. The van der Waals surface area contributed by atoms with Gasteiger partial charge in [0.05, 0.1) is 17.6 Å². The molecule has 34 heavy (non-hydrogen) atoms. The Hall–Kier alpha value is -4.14. The van der Waals surface area contributed by atoms with Crippen molar-refractivity contribution < 1.29 is 27.5 Å². The molecule has 0 spiro atoms. The molecule has 0 bridgehead atoms. The van der Waals surface area contributed by atoms with Gasteiger partial charge in [-0.15, -0.1) is 0 Å².